The maximum atomic E-state index is 12.8. The Balaban J connectivity index is 1.36. The van der Waals surface area contributed by atoms with Gasteiger partial charge in [-0.15, -0.1) is 11.8 Å². The molecule has 5 rings (SSSR count). The number of nitrogens with zero attached hydrogens (tertiary/aromatic N) is 1. The normalized spacial score (nSPS) is 19.2. The number of aromatic hydroxyl groups is 1. The lowest BCUT2D eigenvalue weighted by molar-refractivity contribution is -0.116. The van der Waals surface area contributed by atoms with E-state index in [9.17, 15) is 14.7 Å². The van der Waals surface area contributed by atoms with E-state index in [0.717, 1.165) is 27.0 Å². The van der Waals surface area contributed by atoms with Gasteiger partial charge in [-0.3, -0.25) is 14.2 Å². The summed E-state index contributed by atoms with van der Waals surface area (Å²) < 4.78 is 7.67. The van der Waals surface area contributed by atoms with Crippen molar-refractivity contribution >= 4 is 34.7 Å². The smallest absolute Gasteiger partial charge is 0.308 e. The first-order valence-electron chi connectivity index (χ1n) is 9.77. The molecule has 0 aliphatic carbocycles. The van der Waals surface area contributed by atoms with Gasteiger partial charge in [0, 0.05) is 46.7 Å². The lowest BCUT2D eigenvalue weighted by Gasteiger charge is -2.36. The number of phenolic OH excluding ortho intramolecular Hbond substituents is 1. The van der Waals surface area contributed by atoms with E-state index >= 15 is 0 Å². The molecule has 0 radical (unpaired) electrons. The minimum atomic E-state index is -0.164. The number of rotatable bonds is 4. The quantitative estimate of drug-likeness (QED) is 0.602. The molecule has 6 nitrogen and oxygen atoms in total. The number of fused-ring (bicyclic) bond motifs is 5. The standard InChI is InChI=1S/C22H20N2O4S2/c25-15-7-5-14(6-8-15)23-18(26)9-10-24-21-20(30-22(24)27)19-13(12-29-21)11-28-17-4-2-1-3-16(17)19/h1-8,13,19,25H,9-12H2,(H,23,26). The Morgan fingerprint density at radius 3 is 2.83 bits per heavy atom. The van der Waals surface area contributed by atoms with Crippen LogP contribution in [0.5, 0.6) is 11.5 Å². The molecule has 2 unspecified atom stereocenters. The van der Waals surface area contributed by atoms with Crippen molar-refractivity contribution in [1.29, 1.82) is 0 Å². The molecule has 3 aromatic rings. The lowest BCUT2D eigenvalue weighted by atomic mass is 9.84. The summed E-state index contributed by atoms with van der Waals surface area (Å²) in [5, 5.41) is 13.1. The Kier molecular flexibility index (Phi) is 5.04. The number of aromatic nitrogens is 1. The van der Waals surface area contributed by atoms with Gasteiger partial charge in [-0.05, 0) is 30.3 Å². The highest BCUT2D eigenvalue weighted by atomic mass is 32.2. The van der Waals surface area contributed by atoms with Crippen molar-refractivity contribution < 1.29 is 14.6 Å². The molecule has 2 N–H and O–H groups in total. The van der Waals surface area contributed by atoms with Crippen LogP contribution < -0.4 is 14.9 Å². The van der Waals surface area contributed by atoms with E-state index in [-0.39, 0.29) is 28.9 Å². The molecule has 0 bridgehead atoms. The first-order valence-corrected chi connectivity index (χ1v) is 11.6. The number of carbonyl (C=O) groups excluding carboxylic acids is 1. The Morgan fingerprint density at radius 2 is 2.00 bits per heavy atom. The van der Waals surface area contributed by atoms with Gasteiger partial charge in [0.25, 0.3) is 0 Å². The van der Waals surface area contributed by atoms with Crippen molar-refractivity contribution in [2.24, 2.45) is 5.92 Å². The second-order valence-electron chi connectivity index (χ2n) is 7.43. The topological polar surface area (TPSA) is 80.6 Å². The average molecular weight is 441 g/mol. The van der Waals surface area contributed by atoms with E-state index in [4.69, 9.17) is 4.74 Å². The van der Waals surface area contributed by atoms with Gasteiger partial charge in [0.05, 0.1) is 11.6 Å². The average Bonchev–Trinajstić information content (AvgIpc) is 3.08. The molecule has 30 heavy (non-hydrogen) atoms. The molecule has 1 aromatic heterocycles. The predicted molar refractivity (Wildman–Crippen MR) is 118 cm³/mol. The van der Waals surface area contributed by atoms with Gasteiger partial charge >= 0.3 is 4.87 Å². The van der Waals surface area contributed by atoms with Crippen LogP contribution in [-0.2, 0) is 11.3 Å². The molecular formula is C22H20N2O4S2. The highest BCUT2D eigenvalue weighted by Gasteiger charge is 2.39. The van der Waals surface area contributed by atoms with Crippen LogP contribution >= 0.6 is 23.1 Å². The van der Waals surface area contributed by atoms with Gasteiger partial charge in [-0.1, -0.05) is 29.5 Å². The highest BCUT2D eigenvalue weighted by molar-refractivity contribution is 7.99. The molecular weight excluding hydrogens is 420 g/mol. The van der Waals surface area contributed by atoms with Crippen molar-refractivity contribution in [3.63, 3.8) is 0 Å². The molecule has 0 saturated heterocycles. The third-order valence-corrected chi connectivity index (χ3v) is 7.98. The monoisotopic (exact) mass is 440 g/mol. The first kappa shape index (κ1) is 19.3. The van der Waals surface area contributed by atoms with E-state index < -0.39 is 0 Å². The first-order chi connectivity index (χ1) is 14.6. The van der Waals surface area contributed by atoms with Crippen LogP contribution in [0.25, 0.3) is 0 Å². The summed E-state index contributed by atoms with van der Waals surface area (Å²) in [5.74, 6) is 2.30. The van der Waals surface area contributed by atoms with Crippen molar-refractivity contribution in [3.05, 3.63) is 68.6 Å². The second-order valence-corrected chi connectivity index (χ2v) is 9.43. The molecule has 0 fully saturated rings. The van der Waals surface area contributed by atoms with E-state index in [1.807, 2.05) is 18.2 Å². The Morgan fingerprint density at radius 1 is 1.20 bits per heavy atom. The summed E-state index contributed by atoms with van der Waals surface area (Å²) >= 11 is 2.98. The molecule has 154 valence electrons. The minimum absolute atomic E-state index is 0.0189. The number of nitrogens with one attached hydrogen (secondary N) is 1. The number of thiazole rings is 1. The molecule has 2 aliphatic heterocycles. The van der Waals surface area contributed by atoms with E-state index in [0.29, 0.717) is 24.8 Å². The van der Waals surface area contributed by atoms with Crippen molar-refractivity contribution in [2.75, 3.05) is 17.7 Å². The fraction of sp³-hybridized carbons (Fsp3) is 0.273. The third-order valence-electron chi connectivity index (χ3n) is 5.48. The fourth-order valence-electron chi connectivity index (χ4n) is 4.03. The Bertz CT molecular complexity index is 1150. The van der Waals surface area contributed by atoms with E-state index in [1.54, 1.807) is 28.5 Å². The van der Waals surface area contributed by atoms with Gasteiger partial charge < -0.3 is 15.2 Å². The van der Waals surface area contributed by atoms with Crippen molar-refractivity contribution in [3.8, 4) is 11.5 Å². The van der Waals surface area contributed by atoms with Gasteiger partial charge in [0.2, 0.25) is 5.91 Å². The molecule has 2 aliphatic rings. The number of hydrogen-bond donors (Lipinski definition) is 2. The molecule has 1 amide bonds. The zero-order chi connectivity index (χ0) is 20.7. The zero-order valence-electron chi connectivity index (χ0n) is 16.0. The number of amides is 1. The number of carbonyl (C=O) groups is 1. The van der Waals surface area contributed by atoms with Crippen LogP contribution in [0.15, 0.2) is 58.4 Å². The molecule has 0 spiro atoms. The van der Waals surface area contributed by atoms with Crippen molar-refractivity contribution in [2.45, 2.75) is 23.9 Å². The second kappa shape index (κ2) is 7.85. The van der Waals surface area contributed by atoms with E-state index in [1.165, 1.54) is 23.5 Å². The number of ether oxygens (including phenoxy) is 1. The van der Waals surface area contributed by atoms with Crippen LogP contribution in [0.3, 0.4) is 0 Å². The van der Waals surface area contributed by atoms with Crippen LogP contribution in [0.2, 0.25) is 0 Å². The van der Waals surface area contributed by atoms with E-state index in [2.05, 4.69) is 11.4 Å². The maximum Gasteiger partial charge on any atom is 0.308 e. The predicted octanol–water partition coefficient (Wildman–Crippen LogP) is 3.89. The van der Waals surface area contributed by atoms with Gasteiger partial charge in [-0.2, -0.15) is 0 Å². The number of thioether (sulfide) groups is 1. The number of benzene rings is 2. The summed E-state index contributed by atoms with van der Waals surface area (Å²) in [4.78, 5) is 26.2. The zero-order valence-corrected chi connectivity index (χ0v) is 17.7. The fourth-order valence-corrected chi connectivity index (χ4v) is 6.77. The van der Waals surface area contributed by atoms with Crippen LogP contribution in [0.1, 0.15) is 22.8 Å². The summed E-state index contributed by atoms with van der Waals surface area (Å²) in [6.07, 6.45) is 0.207. The van der Waals surface area contributed by atoms with Crippen LogP contribution in [0, 0.1) is 5.92 Å². The van der Waals surface area contributed by atoms with Crippen LogP contribution in [-0.4, -0.2) is 27.9 Å². The molecule has 2 atom stereocenters. The third kappa shape index (κ3) is 3.50. The van der Waals surface area contributed by atoms with Gasteiger partial charge in [-0.25, -0.2) is 0 Å². The SMILES string of the molecule is O=C(CCn1c2c(sc1=O)C1c3ccccc3OCC1CS2)Nc1ccc(O)cc1. The minimum Gasteiger partial charge on any atom is -0.508 e. The summed E-state index contributed by atoms with van der Waals surface area (Å²) in [6, 6.07) is 14.4. The Labute approximate surface area is 181 Å². The number of anilines is 1. The number of phenols is 1. The van der Waals surface area contributed by atoms with Gasteiger partial charge in [0.1, 0.15) is 11.5 Å². The highest BCUT2D eigenvalue weighted by Crippen LogP contribution is 2.50. The van der Waals surface area contributed by atoms with Crippen molar-refractivity contribution in [1.82, 2.24) is 4.57 Å². The molecule has 8 heteroatoms. The summed E-state index contributed by atoms with van der Waals surface area (Å²) in [7, 11) is 0. The van der Waals surface area contributed by atoms with Crippen LogP contribution in [0.4, 0.5) is 5.69 Å². The molecule has 0 saturated carbocycles. The summed E-state index contributed by atoms with van der Waals surface area (Å²) in [5.41, 5.74) is 1.77. The summed E-state index contributed by atoms with van der Waals surface area (Å²) in [6.45, 7) is 1.01. The van der Waals surface area contributed by atoms with Gasteiger partial charge in [0.15, 0.2) is 0 Å². The molecule has 2 aromatic carbocycles. The lowest BCUT2D eigenvalue weighted by Crippen LogP contribution is -2.31. The maximum absolute atomic E-state index is 12.8. The largest absolute Gasteiger partial charge is 0.508 e. The Hall–Kier alpha value is -2.71. The number of para-hydroxylation sites is 1. The molecule has 3 heterocycles. The number of hydrogen-bond acceptors (Lipinski definition) is 6.